The molecule has 34 heavy (non-hydrogen) atoms. The minimum absolute atomic E-state index is 0.138. The SMILES string of the molecule is CCOC(=O)c1c(NC(=O)CSc2nnc(-c3ccccc3OC)n2C)sc2c1CCC(C)C2. The Kier molecular flexibility index (Phi) is 7.57. The molecule has 180 valence electrons. The highest BCUT2D eigenvalue weighted by Crippen LogP contribution is 2.40. The van der Waals surface area contributed by atoms with E-state index >= 15 is 0 Å². The Morgan fingerprint density at radius 3 is 2.85 bits per heavy atom. The molecule has 2 heterocycles. The average Bonchev–Trinajstić information content (AvgIpc) is 3.36. The largest absolute Gasteiger partial charge is 0.496 e. The van der Waals surface area contributed by atoms with Gasteiger partial charge in [-0.3, -0.25) is 4.79 Å². The van der Waals surface area contributed by atoms with E-state index in [-0.39, 0.29) is 17.6 Å². The molecule has 1 aromatic carbocycles. The number of thioether (sulfide) groups is 1. The number of carbonyl (C=O) groups is 2. The number of hydrogen-bond donors (Lipinski definition) is 1. The molecular weight excluding hydrogens is 472 g/mol. The lowest BCUT2D eigenvalue weighted by molar-refractivity contribution is -0.113. The number of para-hydroxylation sites is 1. The third-order valence-corrected chi connectivity index (χ3v) is 7.95. The average molecular weight is 501 g/mol. The molecule has 1 N–H and O–H groups in total. The number of methoxy groups -OCH3 is 1. The predicted molar refractivity (Wildman–Crippen MR) is 134 cm³/mol. The number of fused-ring (bicyclic) bond motifs is 1. The van der Waals surface area contributed by atoms with Gasteiger partial charge in [-0.1, -0.05) is 30.8 Å². The fourth-order valence-electron chi connectivity index (χ4n) is 4.06. The van der Waals surface area contributed by atoms with Crippen molar-refractivity contribution < 1.29 is 19.1 Å². The van der Waals surface area contributed by atoms with E-state index in [1.807, 2.05) is 35.9 Å². The molecule has 10 heteroatoms. The Bertz CT molecular complexity index is 1200. The number of ether oxygens (including phenoxy) is 2. The molecule has 0 aliphatic heterocycles. The van der Waals surface area contributed by atoms with Crippen LogP contribution in [0.5, 0.6) is 5.75 Å². The molecule has 4 rings (SSSR count). The number of hydrogen-bond acceptors (Lipinski definition) is 8. The number of benzene rings is 1. The molecule has 1 unspecified atom stereocenters. The zero-order valence-corrected chi connectivity index (χ0v) is 21.3. The molecule has 0 radical (unpaired) electrons. The number of nitrogens with zero attached hydrogens (tertiary/aromatic N) is 3. The van der Waals surface area contributed by atoms with E-state index in [1.165, 1.54) is 28.0 Å². The summed E-state index contributed by atoms with van der Waals surface area (Å²) in [5.41, 5.74) is 2.37. The van der Waals surface area contributed by atoms with E-state index < -0.39 is 0 Å². The minimum atomic E-state index is -0.368. The Balaban J connectivity index is 1.48. The van der Waals surface area contributed by atoms with E-state index in [0.29, 0.717) is 39.8 Å². The molecule has 2 aromatic heterocycles. The van der Waals surface area contributed by atoms with E-state index in [0.717, 1.165) is 30.4 Å². The van der Waals surface area contributed by atoms with Crippen LogP contribution in [0.4, 0.5) is 5.00 Å². The maximum atomic E-state index is 12.8. The van der Waals surface area contributed by atoms with E-state index in [9.17, 15) is 9.59 Å². The lowest BCUT2D eigenvalue weighted by atomic mass is 9.88. The zero-order valence-electron chi connectivity index (χ0n) is 19.7. The summed E-state index contributed by atoms with van der Waals surface area (Å²) in [6, 6.07) is 7.59. The van der Waals surface area contributed by atoms with Crippen LogP contribution in [0.3, 0.4) is 0 Å². The van der Waals surface area contributed by atoms with Gasteiger partial charge in [-0.25, -0.2) is 4.79 Å². The predicted octanol–water partition coefficient (Wildman–Crippen LogP) is 4.58. The third kappa shape index (κ3) is 4.97. The van der Waals surface area contributed by atoms with Crippen LogP contribution < -0.4 is 10.1 Å². The summed E-state index contributed by atoms with van der Waals surface area (Å²) in [4.78, 5) is 26.7. The van der Waals surface area contributed by atoms with Crippen LogP contribution in [0.25, 0.3) is 11.4 Å². The number of carbonyl (C=O) groups excluding carboxylic acids is 2. The summed E-state index contributed by atoms with van der Waals surface area (Å²) < 4.78 is 12.6. The zero-order chi connectivity index (χ0) is 24.2. The van der Waals surface area contributed by atoms with Gasteiger partial charge in [0.1, 0.15) is 10.8 Å². The van der Waals surface area contributed by atoms with E-state index in [1.54, 1.807) is 14.0 Å². The Hall–Kier alpha value is -2.85. The van der Waals surface area contributed by atoms with Gasteiger partial charge in [0.15, 0.2) is 11.0 Å². The summed E-state index contributed by atoms with van der Waals surface area (Å²) in [6.07, 6.45) is 2.78. The fraction of sp³-hybridized carbons (Fsp3) is 0.417. The summed E-state index contributed by atoms with van der Waals surface area (Å²) in [7, 11) is 3.47. The number of thiophene rings is 1. The first kappa shape index (κ1) is 24.3. The Labute approximate surface area is 207 Å². The van der Waals surface area contributed by atoms with Gasteiger partial charge in [0.2, 0.25) is 5.91 Å². The summed E-state index contributed by atoms with van der Waals surface area (Å²) in [5.74, 6) is 1.49. The smallest absolute Gasteiger partial charge is 0.341 e. The van der Waals surface area contributed by atoms with Crippen molar-refractivity contribution in [2.75, 3.05) is 24.8 Å². The number of esters is 1. The number of amides is 1. The summed E-state index contributed by atoms with van der Waals surface area (Å²) in [5, 5.41) is 12.7. The molecule has 0 saturated heterocycles. The van der Waals surface area contributed by atoms with Crippen molar-refractivity contribution in [3.05, 3.63) is 40.3 Å². The molecule has 1 amide bonds. The molecule has 1 atom stereocenters. The molecule has 8 nitrogen and oxygen atoms in total. The van der Waals surface area contributed by atoms with Gasteiger partial charge in [0.25, 0.3) is 0 Å². The lowest BCUT2D eigenvalue weighted by Gasteiger charge is -2.18. The van der Waals surface area contributed by atoms with Crippen molar-refractivity contribution in [2.24, 2.45) is 13.0 Å². The number of rotatable bonds is 8. The van der Waals surface area contributed by atoms with Gasteiger partial charge in [-0.2, -0.15) is 0 Å². The van der Waals surface area contributed by atoms with Gasteiger partial charge in [0.05, 0.1) is 30.6 Å². The second-order valence-corrected chi connectivity index (χ2v) is 10.2. The van der Waals surface area contributed by atoms with Gasteiger partial charge >= 0.3 is 5.97 Å². The van der Waals surface area contributed by atoms with E-state index in [2.05, 4.69) is 22.4 Å². The normalized spacial score (nSPS) is 15.0. The highest BCUT2D eigenvalue weighted by molar-refractivity contribution is 7.99. The number of anilines is 1. The van der Waals surface area contributed by atoms with Crippen molar-refractivity contribution in [1.29, 1.82) is 0 Å². The van der Waals surface area contributed by atoms with Gasteiger partial charge in [-0.15, -0.1) is 21.5 Å². The van der Waals surface area contributed by atoms with Crippen LogP contribution in [0.15, 0.2) is 29.4 Å². The van der Waals surface area contributed by atoms with Crippen LogP contribution in [-0.4, -0.2) is 46.1 Å². The molecule has 0 saturated carbocycles. The molecular formula is C24H28N4O4S2. The summed E-state index contributed by atoms with van der Waals surface area (Å²) in [6.45, 7) is 4.29. The van der Waals surface area contributed by atoms with Crippen molar-refractivity contribution in [3.63, 3.8) is 0 Å². The first-order valence-electron chi connectivity index (χ1n) is 11.2. The third-order valence-electron chi connectivity index (χ3n) is 5.76. The molecule has 3 aromatic rings. The second kappa shape index (κ2) is 10.6. The van der Waals surface area contributed by atoms with Crippen molar-refractivity contribution in [1.82, 2.24) is 14.8 Å². The Morgan fingerprint density at radius 1 is 1.29 bits per heavy atom. The molecule has 1 aliphatic carbocycles. The van der Waals surface area contributed by atoms with Crippen LogP contribution in [0, 0.1) is 5.92 Å². The topological polar surface area (TPSA) is 95.3 Å². The first-order valence-corrected chi connectivity index (χ1v) is 13.0. The minimum Gasteiger partial charge on any atom is -0.496 e. The van der Waals surface area contributed by atoms with Crippen LogP contribution >= 0.6 is 23.1 Å². The first-order chi connectivity index (χ1) is 16.4. The van der Waals surface area contributed by atoms with Crippen LogP contribution in [0.2, 0.25) is 0 Å². The fourth-order valence-corrected chi connectivity index (χ4v) is 6.18. The van der Waals surface area contributed by atoms with Crippen LogP contribution in [-0.2, 0) is 29.4 Å². The lowest BCUT2D eigenvalue weighted by Crippen LogP contribution is -2.18. The number of aromatic nitrogens is 3. The Morgan fingerprint density at radius 2 is 2.09 bits per heavy atom. The summed E-state index contributed by atoms with van der Waals surface area (Å²) >= 11 is 2.78. The molecule has 0 bridgehead atoms. The standard InChI is InChI=1S/C24H28N4O4S2/c1-5-32-23(30)20-16-11-10-14(2)12-18(16)34-22(20)25-19(29)13-33-24-27-26-21(28(24)3)15-8-6-7-9-17(15)31-4/h6-9,14H,5,10-13H2,1-4H3,(H,25,29). The van der Waals surface area contributed by atoms with Gasteiger partial charge < -0.3 is 19.4 Å². The van der Waals surface area contributed by atoms with Crippen molar-refractivity contribution in [3.8, 4) is 17.1 Å². The maximum absolute atomic E-state index is 12.8. The van der Waals surface area contributed by atoms with Crippen molar-refractivity contribution in [2.45, 2.75) is 38.3 Å². The second-order valence-electron chi connectivity index (χ2n) is 8.18. The van der Waals surface area contributed by atoms with Gasteiger partial charge in [0, 0.05) is 11.9 Å². The quantitative estimate of drug-likeness (QED) is 0.357. The van der Waals surface area contributed by atoms with Gasteiger partial charge in [-0.05, 0) is 49.8 Å². The van der Waals surface area contributed by atoms with E-state index in [4.69, 9.17) is 9.47 Å². The molecule has 0 fully saturated rings. The molecule has 1 aliphatic rings. The maximum Gasteiger partial charge on any atom is 0.341 e. The van der Waals surface area contributed by atoms with Crippen LogP contribution in [0.1, 0.15) is 41.1 Å². The monoisotopic (exact) mass is 500 g/mol. The molecule has 0 spiro atoms. The highest BCUT2D eigenvalue weighted by Gasteiger charge is 2.29. The van der Waals surface area contributed by atoms with Crippen molar-refractivity contribution >= 4 is 40.0 Å². The number of nitrogens with one attached hydrogen (secondary N) is 1. The highest BCUT2D eigenvalue weighted by atomic mass is 32.2.